The molecule has 0 heterocycles. The average Bonchev–Trinajstić information content (AvgIpc) is 2.54. The van der Waals surface area contributed by atoms with E-state index in [4.69, 9.17) is 19.5 Å². The Bertz CT molecular complexity index is 647. The van der Waals surface area contributed by atoms with E-state index in [1.165, 1.54) is 0 Å². The molecule has 2 aromatic carbocycles. The van der Waals surface area contributed by atoms with E-state index in [1.54, 1.807) is 26.4 Å². The molecule has 0 aliphatic rings. The molecule has 0 aliphatic heterocycles. The molecule has 0 atom stereocenters. The second-order valence-corrected chi connectivity index (χ2v) is 4.41. The summed E-state index contributed by atoms with van der Waals surface area (Å²) in [5.41, 5.74) is 1.99. The van der Waals surface area contributed by atoms with Gasteiger partial charge >= 0.3 is 0 Å². The zero-order chi connectivity index (χ0) is 15.1. The molecule has 0 bridgehead atoms. The fourth-order valence-electron chi connectivity index (χ4n) is 2.02. The molecule has 2 rings (SSSR count). The number of methoxy groups -OCH3 is 2. The number of hydrogen-bond donors (Lipinski definition) is 0. The van der Waals surface area contributed by atoms with E-state index < -0.39 is 0 Å². The van der Waals surface area contributed by atoms with Crippen LogP contribution in [0, 0.1) is 11.3 Å². The van der Waals surface area contributed by atoms with Crippen LogP contribution in [0.1, 0.15) is 11.1 Å². The highest BCUT2D eigenvalue weighted by Crippen LogP contribution is 2.31. The van der Waals surface area contributed by atoms with Gasteiger partial charge in [-0.05, 0) is 23.3 Å². The van der Waals surface area contributed by atoms with Crippen molar-refractivity contribution in [2.75, 3.05) is 14.2 Å². The third-order valence-electron chi connectivity index (χ3n) is 3.14. The predicted molar refractivity (Wildman–Crippen MR) is 79.6 cm³/mol. The largest absolute Gasteiger partial charge is 0.493 e. The maximum absolute atomic E-state index is 8.83. The van der Waals surface area contributed by atoms with E-state index in [-0.39, 0.29) is 0 Å². The molecular weight excluding hydrogens is 266 g/mol. The van der Waals surface area contributed by atoms with E-state index in [0.717, 1.165) is 11.1 Å². The van der Waals surface area contributed by atoms with Gasteiger partial charge in [-0.15, -0.1) is 0 Å². The Labute approximate surface area is 124 Å². The van der Waals surface area contributed by atoms with Gasteiger partial charge in [0.15, 0.2) is 11.5 Å². The summed E-state index contributed by atoms with van der Waals surface area (Å²) >= 11 is 0. The predicted octanol–water partition coefficient (Wildman–Crippen LogP) is 3.35. The van der Waals surface area contributed by atoms with Gasteiger partial charge in [-0.3, -0.25) is 0 Å². The lowest BCUT2D eigenvalue weighted by Crippen LogP contribution is -2.00. The molecule has 0 aliphatic carbocycles. The van der Waals surface area contributed by atoms with E-state index in [2.05, 4.69) is 6.07 Å². The van der Waals surface area contributed by atoms with Crippen molar-refractivity contribution in [3.05, 3.63) is 53.6 Å². The SMILES string of the molecule is COc1ccc(OCc2ccccc2CC#N)cc1OC. The molecule has 108 valence electrons. The minimum absolute atomic E-state index is 0.380. The van der Waals surface area contributed by atoms with Crippen LogP contribution < -0.4 is 14.2 Å². The molecule has 0 radical (unpaired) electrons. The highest BCUT2D eigenvalue weighted by molar-refractivity contribution is 5.45. The zero-order valence-corrected chi connectivity index (χ0v) is 12.1. The van der Waals surface area contributed by atoms with Gasteiger partial charge in [0.1, 0.15) is 12.4 Å². The number of ether oxygens (including phenoxy) is 3. The van der Waals surface area contributed by atoms with Crippen molar-refractivity contribution in [2.24, 2.45) is 0 Å². The lowest BCUT2D eigenvalue weighted by molar-refractivity contribution is 0.299. The van der Waals surface area contributed by atoms with Crippen molar-refractivity contribution in [2.45, 2.75) is 13.0 Å². The summed E-state index contributed by atoms with van der Waals surface area (Å²) in [6.07, 6.45) is 0.380. The Kier molecular flexibility index (Phi) is 5.05. The van der Waals surface area contributed by atoms with E-state index in [0.29, 0.717) is 30.3 Å². The smallest absolute Gasteiger partial charge is 0.164 e. The topological polar surface area (TPSA) is 51.5 Å². The van der Waals surface area contributed by atoms with Crippen LogP contribution in [0.15, 0.2) is 42.5 Å². The van der Waals surface area contributed by atoms with Crippen molar-refractivity contribution in [3.63, 3.8) is 0 Å². The molecule has 0 aromatic heterocycles. The Morgan fingerprint density at radius 2 is 1.67 bits per heavy atom. The summed E-state index contributed by atoms with van der Waals surface area (Å²) in [6, 6.07) is 15.3. The third-order valence-corrected chi connectivity index (χ3v) is 3.14. The van der Waals surface area contributed by atoms with Crippen molar-refractivity contribution in [1.82, 2.24) is 0 Å². The molecule has 0 unspecified atom stereocenters. The van der Waals surface area contributed by atoms with Gasteiger partial charge < -0.3 is 14.2 Å². The molecule has 0 spiro atoms. The summed E-state index contributed by atoms with van der Waals surface area (Å²) < 4.78 is 16.2. The summed E-state index contributed by atoms with van der Waals surface area (Å²) in [5.74, 6) is 1.98. The first-order valence-corrected chi connectivity index (χ1v) is 6.57. The molecule has 0 amide bonds. The molecule has 4 heteroatoms. The first kappa shape index (κ1) is 14.7. The minimum atomic E-state index is 0.380. The second kappa shape index (κ2) is 7.20. The Morgan fingerprint density at radius 3 is 2.33 bits per heavy atom. The zero-order valence-electron chi connectivity index (χ0n) is 12.1. The molecule has 0 saturated heterocycles. The monoisotopic (exact) mass is 283 g/mol. The van der Waals surface area contributed by atoms with Gasteiger partial charge in [0.05, 0.1) is 26.7 Å². The minimum Gasteiger partial charge on any atom is -0.493 e. The fraction of sp³-hybridized carbons (Fsp3) is 0.235. The van der Waals surface area contributed by atoms with Crippen LogP contribution in [0.25, 0.3) is 0 Å². The first-order chi connectivity index (χ1) is 10.3. The lowest BCUT2D eigenvalue weighted by atomic mass is 10.1. The first-order valence-electron chi connectivity index (χ1n) is 6.57. The van der Waals surface area contributed by atoms with Crippen LogP contribution in [-0.4, -0.2) is 14.2 Å². The van der Waals surface area contributed by atoms with Crippen molar-refractivity contribution in [3.8, 4) is 23.3 Å². The van der Waals surface area contributed by atoms with Crippen LogP contribution in [0.5, 0.6) is 17.2 Å². The van der Waals surface area contributed by atoms with Crippen molar-refractivity contribution in [1.29, 1.82) is 5.26 Å². The molecule has 21 heavy (non-hydrogen) atoms. The summed E-state index contributed by atoms with van der Waals surface area (Å²) in [7, 11) is 3.18. The number of nitrogens with zero attached hydrogens (tertiary/aromatic N) is 1. The molecule has 0 saturated carbocycles. The fourth-order valence-corrected chi connectivity index (χ4v) is 2.02. The maximum Gasteiger partial charge on any atom is 0.164 e. The summed E-state index contributed by atoms with van der Waals surface area (Å²) in [5, 5.41) is 8.83. The molecule has 0 N–H and O–H groups in total. The summed E-state index contributed by atoms with van der Waals surface area (Å²) in [6.45, 7) is 0.410. The van der Waals surface area contributed by atoms with Crippen LogP contribution in [0.3, 0.4) is 0 Å². The highest BCUT2D eigenvalue weighted by atomic mass is 16.5. The van der Waals surface area contributed by atoms with Crippen LogP contribution >= 0.6 is 0 Å². The van der Waals surface area contributed by atoms with Gasteiger partial charge in [0.25, 0.3) is 0 Å². The van der Waals surface area contributed by atoms with E-state index in [1.807, 2.05) is 30.3 Å². The van der Waals surface area contributed by atoms with Crippen molar-refractivity contribution < 1.29 is 14.2 Å². The van der Waals surface area contributed by atoms with E-state index in [9.17, 15) is 0 Å². The second-order valence-electron chi connectivity index (χ2n) is 4.41. The standard InChI is InChI=1S/C17H17NO3/c1-19-16-8-7-15(11-17(16)20-2)21-12-14-6-4-3-5-13(14)9-10-18/h3-8,11H,9,12H2,1-2H3. The van der Waals surface area contributed by atoms with Gasteiger partial charge in [-0.25, -0.2) is 0 Å². The number of benzene rings is 2. The van der Waals surface area contributed by atoms with Crippen LogP contribution in [0.2, 0.25) is 0 Å². The number of rotatable bonds is 6. The molecule has 0 fully saturated rings. The highest BCUT2D eigenvalue weighted by Gasteiger charge is 2.07. The summed E-state index contributed by atoms with van der Waals surface area (Å²) in [4.78, 5) is 0. The molecule has 4 nitrogen and oxygen atoms in total. The average molecular weight is 283 g/mol. The quantitative estimate of drug-likeness (QED) is 0.815. The van der Waals surface area contributed by atoms with Gasteiger partial charge in [-0.2, -0.15) is 5.26 Å². The van der Waals surface area contributed by atoms with Crippen molar-refractivity contribution >= 4 is 0 Å². The number of nitriles is 1. The Hall–Kier alpha value is -2.67. The van der Waals surface area contributed by atoms with Crippen LogP contribution in [-0.2, 0) is 13.0 Å². The number of hydrogen-bond acceptors (Lipinski definition) is 4. The molecule has 2 aromatic rings. The van der Waals surface area contributed by atoms with Gasteiger partial charge in [0, 0.05) is 6.07 Å². The third kappa shape index (κ3) is 3.67. The van der Waals surface area contributed by atoms with Crippen LogP contribution in [0.4, 0.5) is 0 Å². The Morgan fingerprint density at radius 1 is 0.952 bits per heavy atom. The Balaban J connectivity index is 2.12. The normalized spacial score (nSPS) is 9.76. The lowest BCUT2D eigenvalue weighted by Gasteiger charge is -2.12. The molecular formula is C17H17NO3. The van der Waals surface area contributed by atoms with Gasteiger partial charge in [-0.1, -0.05) is 24.3 Å². The maximum atomic E-state index is 8.83. The van der Waals surface area contributed by atoms with Gasteiger partial charge in [0.2, 0.25) is 0 Å². The van der Waals surface area contributed by atoms with E-state index >= 15 is 0 Å².